The Balaban J connectivity index is 1.43. The summed E-state index contributed by atoms with van der Waals surface area (Å²) in [4.78, 5) is 17.6. The highest BCUT2D eigenvalue weighted by molar-refractivity contribution is 7.12. The Hall–Kier alpha value is -2.05. The van der Waals surface area contributed by atoms with Crippen LogP contribution in [0.3, 0.4) is 0 Å². The van der Waals surface area contributed by atoms with Gasteiger partial charge >= 0.3 is 0 Å². The summed E-state index contributed by atoms with van der Waals surface area (Å²) in [5.41, 5.74) is 2.30. The van der Waals surface area contributed by atoms with E-state index in [-0.39, 0.29) is 5.91 Å². The standard InChI is InChI=1S/C19H25N3O2S/c1-15-13-18(25-14-15)19(23)20-7-8-21-9-11-22(12-10-21)16-5-3-4-6-17(16)24-2/h3-6,13-14H,7-12H2,1-2H3,(H,20,23). The molecule has 0 aliphatic carbocycles. The Labute approximate surface area is 153 Å². The summed E-state index contributed by atoms with van der Waals surface area (Å²) < 4.78 is 5.46. The monoisotopic (exact) mass is 359 g/mol. The van der Waals surface area contributed by atoms with Crippen LogP contribution in [0.25, 0.3) is 0 Å². The van der Waals surface area contributed by atoms with Crippen LogP contribution in [-0.2, 0) is 0 Å². The van der Waals surface area contributed by atoms with Crippen molar-refractivity contribution in [1.29, 1.82) is 0 Å². The van der Waals surface area contributed by atoms with Gasteiger partial charge in [-0.25, -0.2) is 0 Å². The van der Waals surface area contributed by atoms with Crippen molar-refractivity contribution < 1.29 is 9.53 Å². The maximum atomic E-state index is 12.1. The molecule has 1 fully saturated rings. The van der Waals surface area contributed by atoms with Gasteiger partial charge in [-0.3, -0.25) is 9.69 Å². The fourth-order valence-corrected chi connectivity index (χ4v) is 3.88. The smallest absolute Gasteiger partial charge is 0.261 e. The highest BCUT2D eigenvalue weighted by atomic mass is 32.1. The van der Waals surface area contributed by atoms with Crippen molar-refractivity contribution in [3.05, 3.63) is 46.2 Å². The number of para-hydroxylation sites is 2. The lowest BCUT2D eigenvalue weighted by atomic mass is 10.2. The van der Waals surface area contributed by atoms with E-state index in [1.54, 1.807) is 7.11 Å². The van der Waals surface area contributed by atoms with Crippen LogP contribution in [0.5, 0.6) is 5.75 Å². The fourth-order valence-electron chi connectivity index (χ4n) is 3.07. The number of carbonyl (C=O) groups is 1. The number of piperazine rings is 1. The molecule has 2 aromatic rings. The molecule has 1 N–H and O–H groups in total. The minimum absolute atomic E-state index is 0.0331. The normalized spacial score (nSPS) is 15.2. The van der Waals surface area contributed by atoms with Gasteiger partial charge in [0.05, 0.1) is 17.7 Å². The van der Waals surface area contributed by atoms with Gasteiger partial charge in [-0.1, -0.05) is 12.1 Å². The Morgan fingerprint density at radius 1 is 1.24 bits per heavy atom. The molecule has 1 aromatic carbocycles. The van der Waals surface area contributed by atoms with Crippen LogP contribution in [0, 0.1) is 6.92 Å². The lowest BCUT2D eigenvalue weighted by Gasteiger charge is -2.36. The molecule has 0 radical (unpaired) electrons. The molecule has 1 aliphatic rings. The number of carbonyl (C=O) groups excluding carboxylic acids is 1. The zero-order valence-corrected chi connectivity index (χ0v) is 15.6. The van der Waals surface area contributed by atoms with Gasteiger partial charge in [0.25, 0.3) is 5.91 Å². The number of benzene rings is 1. The Morgan fingerprint density at radius 3 is 2.68 bits per heavy atom. The van der Waals surface area contributed by atoms with E-state index in [1.807, 2.05) is 36.6 Å². The summed E-state index contributed by atoms with van der Waals surface area (Å²) in [5, 5.41) is 5.02. The van der Waals surface area contributed by atoms with E-state index in [0.717, 1.165) is 54.6 Å². The molecule has 6 heteroatoms. The molecule has 1 aromatic heterocycles. The van der Waals surface area contributed by atoms with Crippen LogP contribution in [-0.4, -0.2) is 57.2 Å². The van der Waals surface area contributed by atoms with Gasteiger partial charge in [-0.05, 0) is 36.1 Å². The van der Waals surface area contributed by atoms with Crippen molar-refractivity contribution in [2.75, 3.05) is 51.3 Å². The molecule has 5 nitrogen and oxygen atoms in total. The molecule has 0 spiro atoms. The number of ether oxygens (including phenoxy) is 1. The second kappa shape index (κ2) is 8.36. The second-order valence-corrected chi connectivity index (χ2v) is 7.16. The van der Waals surface area contributed by atoms with Crippen LogP contribution in [0.2, 0.25) is 0 Å². The van der Waals surface area contributed by atoms with Gasteiger partial charge in [0.15, 0.2) is 0 Å². The number of rotatable bonds is 6. The summed E-state index contributed by atoms with van der Waals surface area (Å²) in [6.45, 7) is 7.50. The number of nitrogens with one attached hydrogen (secondary N) is 1. The van der Waals surface area contributed by atoms with E-state index in [2.05, 4.69) is 21.2 Å². The molecule has 25 heavy (non-hydrogen) atoms. The zero-order chi connectivity index (χ0) is 17.6. The molecule has 0 unspecified atom stereocenters. The van der Waals surface area contributed by atoms with E-state index < -0.39 is 0 Å². The van der Waals surface area contributed by atoms with E-state index in [4.69, 9.17) is 4.74 Å². The van der Waals surface area contributed by atoms with E-state index in [9.17, 15) is 4.79 Å². The second-order valence-electron chi connectivity index (χ2n) is 6.24. The van der Waals surface area contributed by atoms with Crippen LogP contribution < -0.4 is 15.0 Å². The van der Waals surface area contributed by atoms with E-state index >= 15 is 0 Å². The molecule has 1 amide bonds. The van der Waals surface area contributed by atoms with Gasteiger partial charge in [-0.15, -0.1) is 11.3 Å². The number of methoxy groups -OCH3 is 1. The van der Waals surface area contributed by atoms with Gasteiger partial charge in [-0.2, -0.15) is 0 Å². The van der Waals surface area contributed by atoms with Crippen LogP contribution in [0.15, 0.2) is 35.7 Å². The predicted molar refractivity (Wildman–Crippen MR) is 103 cm³/mol. The van der Waals surface area contributed by atoms with Gasteiger partial charge in [0.1, 0.15) is 5.75 Å². The Morgan fingerprint density at radius 2 is 2.00 bits per heavy atom. The van der Waals surface area contributed by atoms with E-state index in [0.29, 0.717) is 6.54 Å². The number of nitrogens with zero attached hydrogens (tertiary/aromatic N) is 2. The van der Waals surface area contributed by atoms with Crippen molar-refractivity contribution in [3.63, 3.8) is 0 Å². The maximum absolute atomic E-state index is 12.1. The van der Waals surface area contributed by atoms with Crippen LogP contribution in [0.4, 0.5) is 5.69 Å². The van der Waals surface area contributed by atoms with Gasteiger partial charge < -0.3 is 15.0 Å². The molecule has 0 bridgehead atoms. The summed E-state index contributed by atoms with van der Waals surface area (Å²) in [6.07, 6.45) is 0. The number of anilines is 1. The van der Waals surface area contributed by atoms with Crippen molar-refractivity contribution >= 4 is 22.9 Å². The molecule has 134 valence electrons. The summed E-state index contributed by atoms with van der Waals surface area (Å²) in [6, 6.07) is 10.1. The van der Waals surface area contributed by atoms with Gasteiger partial charge in [0.2, 0.25) is 0 Å². The third-order valence-corrected chi connectivity index (χ3v) is 5.51. The first-order valence-corrected chi connectivity index (χ1v) is 9.49. The van der Waals surface area contributed by atoms with Gasteiger partial charge in [0, 0.05) is 39.3 Å². The molecular formula is C19H25N3O2S. The van der Waals surface area contributed by atoms with Crippen LogP contribution in [0.1, 0.15) is 15.2 Å². The summed E-state index contributed by atoms with van der Waals surface area (Å²) in [5.74, 6) is 0.959. The fraction of sp³-hybridized carbons (Fsp3) is 0.421. The first kappa shape index (κ1) is 17.8. The molecule has 1 saturated heterocycles. The zero-order valence-electron chi connectivity index (χ0n) is 14.8. The SMILES string of the molecule is COc1ccccc1N1CCN(CCNC(=O)c2cc(C)cs2)CC1. The first-order valence-electron chi connectivity index (χ1n) is 8.61. The average molecular weight is 359 g/mol. The van der Waals surface area contributed by atoms with Crippen LogP contribution >= 0.6 is 11.3 Å². The summed E-state index contributed by atoms with van der Waals surface area (Å²) >= 11 is 1.50. The van der Waals surface area contributed by atoms with Crippen molar-refractivity contribution in [2.45, 2.75) is 6.92 Å². The Kier molecular flexibility index (Phi) is 5.94. The minimum Gasteiger partial charge on any atom is -0.495 e. The molecule has 3 rings (SSSR count). The molecule has 2 heterocycles. The minimum atomic E-state index is 0.0331. The molecule has 0 saturated carbocycles. The lowest BCUT2D eigenvalue weighted by Crippen LogP contribution is -2.48. The average Bonchev–Trinajstić information content (AvgIpc) is 3.09. The number of thiophene rings is 1. The highest BCUT2D eigenvalue weighted by Gasteiger charge is 2.19. The Bertz CT molecular complexity index is 708. The van der Waals surface area contributed by atoms with Crippen molar-refractivity contribution in [3.8, 4) is 5.75 Å². The third-order valence-electron chi connectivity index (χ3n) is 4.47. The number of aryl methyl sites for hydroxylation is 1. The third kappa shape index (κ3) is 4.52. The number of hydrogen-bond donors (Lipinski definition) is 1. The topological polar surface area (TPSA) is 44.8 Å². The number of hydrogen-bond acceptors (Lipinski definition) is 5. The summed E-state index contributed by atoms with van der Waals surface area (Å²) in [7, 11) is 1.72. The van der Waals surface area contributed by atoms with Crippen molar-refractivity contribution in [1.82, 2.24) is 10.2 Å². The van der Waals surface area contributed by atoms with Crippen molar-refractivity contribution in [2.24, 2.45) is 0 Å². The first-order chi connectivity index (χ1) is 12.2. The number of amides is 1. The molecule has 1 aliphatic heterocycles. The largest absolute Gasteiger partial charge is 0.495 e. The predicted octanol–water partition coefficient (Wildman–Crippen LogP) is 2.62. The molecular weight excluding hydrogens is 334 g/mol. The van der Waals surface area contributed by atoms with E-state index in [1.165, 1.54) is 11.3 Å². The highest BCUT2D eigenvalue weighted by Crippen LogP contribution is 2.28. The maximum Gasteiger partial charge on any atom is 0.261 e. The lowest BCUT2D eigenvalue weighted by molar-refractivity contribution is 0.0952. The molecule has 0 atom stereocenters. The quantitative estimate of drug-likeness (QED) is 0.861.